The summed E-state index contributed by atoms with van der Waals surface area (Å²) >= 11 is 4.74. The molecule has 5 rings (SSSR count). The van der Waals surface area contributed by atoms with Crippen LogP contribution in [0.15, 0.2) is 71.7 Å². The Kier molecular flexibility index (Phi) is 8.19. The molecule has 0 aliphatic heterocycles. The SMILES string of the molecule is CCCCC1CCc2c(ccc(C#Cc3ccc(-c4ccc5cc(N=C=S)ccc5c4)c(C)c3)c2CC)C1. The molecule has 1 atom stereocenters. The second-order valence-corrected chi connectivity index (χ2v) is 10.7. The summed E-state index contributed by atoms with van der Waals surface area (Å²) in [6, 6.07) is 23.9. The van der Waals surface area contributed by atoms with Gasteiger partial charge in [0, 0.05) is 11.1 Å². The van der Waals surface area contributed by atoms with Crippen molar-refractivity contribution in [1.29, 1.82) is 0 Å². The lowest BCUT2D eigenvalue weighted by atomic mass is 9.78. The highest BCUT2D eigenvalue weighted by molar-refractivity contribution is 7.78. The first-order valence-corrected chi connectivity index (χ1v) is 14.4. The van der Waals surface area contributed by atoms with Crippen LogP contribution in [0.1, 0.15) is 72.9 Å². The van der Waals surface area contributed by atoms with Crippen LogP contribution in [0.3, 0.4) is 0 Å². The van der Waals surface area contributed by atoms with Crippen LogP contribution in [-0.4, -0.2) is 5.16 Å². The fourth-order valence-electron chi connectivity index (χ4n) is 5.99. The summed E-state index contributed by atoms with van der Waals surface area (Å²) in [5.41, 5.74) is 11.4. The first-order valence-electron chi connectivity index (χ1n) is 14.0. The summed E-state index contributed by atoms with van der Waals surface area (Å²) in [4.78, 5) is 4.10. The Labute approximate surface area is 233 Å². The van der Waals surface area contributed by atoms with E-state index in [-0.39, 0.29) is 0 Å². The number of isothiocyanates is 1. The third kappa shape index (κ3) is 5.66. The highest BCUT2D eigenvalue weighted by Crippen LogP contribution is 2.33. The molecule has 4 aromatic carbocycles. The molecule has 1 unspecified atom stereocenters. The van der Waals surface area contributed by atoms with Crippen LogP contribution in [0, 0.1) is 24.7 Å². The normalized spacial score (nSPS) is 14.3. The maximum absolute atomic E-state index is 4.74. The van der Waals surface area contributed by atoms with E-state index in [0.717, 1.165) is 29.0 Å². The molecule has 0 aromatic heterocycles. The van der Waals surface area contributed by atoms with E-state index in [1.807, 2.05) is 12.1 Å². The number of unbranched alkanes of at least 4 members (excludes halogenated alkanes) is 1. The van der Waals surface area contributed by atoms with E-state index in [1.165, 1.54) is 71.7 Å². The van der Waals surface area contributed by atoms with Crippen molar-refractivity contribution in [2.45, 2.75) is 65.7 Å². The zero-order valence-electron chi connectivity index (χ0n) is 22.7. The van der Waals surface area contributed by atoms with Crippen molar-refractivity contribution < 1.29 is 0 Å². The van der Waals surface area contributed by atoms with Crippen molar-refractivity contribution >= 4 is 33.8 Å². The minimum atomic E-state index is 0.834. The average molecular weight is 514 g/mol. The third-order valence-corrected chi connectivity index (χ3v) is 8.13. The zero-order chi connectivity index (χ0) is 26.5. The summed E-state index contributed by atoms with van der Waals surface area (Å²) in [5.74, 6) is 7.86. The van der Waals surface area contributed by atoms with Crippen LogP contribution in [0.4, 0.5) is 5.69 Å². The van der Waals surface area contributed by atoms with Gasteiger partial charge in [0.2, 0.25) is 0 Å². The summed E-state index contributed by atoms with van der Waals surface area (Å²) in [5, 5.41) is 4.78. The van der Waals surface area contributed by atoms with Gasteiger partial charge in [-0.15, -0.1) is 0 Å². The zero-order valence-corrected chi connectivity index (χ0v) is 23.5. The molecule has 190 valence electrons. The average Bonchev–Trinajstić information content (AvgIpc) is 2.94. The highest BCUT2D eigenvalue weighted by Gasteiger charge is 2.21. The summed E-state index contributed by atoms with van der Waals surface area (Å²) in [7, 11) is 0. The molecule has 1 nitrogen and oxygen atoms in total. The predicted molar refractivity (Wildman–Crippen MR) is 166 cm³/mol. The van der Waals surface area contributed by atoms with Crippen molar-refractivity contribution in [1.82, 2.24) is 0 Å². The number of fused-ring (bicyclic) bond motifs is 2. The Hall–Kier alpha value is -3.50. The van der Waals surface area contributed by atoms with Gasteiger partial charge in [0.25, 0.3) is 0 Å². The van der Waals surface area contributed by atoms with Crippen molar-refractivity contribution in [2.75, 3.05) is 0 Å². The van der Waals surface area contributed by atoms with Crippen molar-refractivity contribution in [3.05, 3.63) is 100 Å². The van der Waals surface area contributed by atoms with Crippen LogP contribution in [-0.2, 0) is 19.3 Å². The van der Waals surface area contributed by atoms with E-state index in [1.54, 1.807) is 11.1 Å². The molecule has 0 spiro atoms. The summed E-state index contributed by atoms with van der Waals surface area (Å²) in [6.45, 7) is 6.75. The van der Waals surface area contributed by atoms with E-state index < -0.39 is 0 Å². The lowest BCUT2D eigenvalue weighted by Crippen LogP contribution is -2.16. The predicted octanol–water partition coefficient (Wildman–Crippen LogP) is 9.81. The number of benzene rings is 4. The Balaban J connectivity index is 1.39. The molecule has 0 radical (unpaired) electrons. The minimum Gasteiger partial charge on any atom is -0.195 e. The maximum Gasteiger partial charge on any atom is 0.0745 e. The fourth-order valence-corrected chi connectivity index (χ4v) is 6.10. The van der Waals surface area contributed by atoms with Gasteiger partial charge in [-0.3, -0.25) is 0 Å². The van der Waals surface area contributed by atoms with E-state index in [4.69, 9.17) is 12.2 Å². The van der Waals surface area contributed by atoms with Gasteiger partial charge in [-0.1, -0.05) is 75.3 Å². The number of hydrogen-bond donors (Lipinski definition) is 0. The molecule has 0 saturated carbocycles. The molecule has 0 N–H and O–H groups in total. The summed E-state index contributed by atoms with van der Waals surface area (Å²) in [6.07, 6.45) is 8.86. The Bertz CT molecular complexity index is 1590. The van der Waals surface area contributed by atoms with Gasteiger partial charge in [0.15, 0.2) is 0 Å². The lowest BCUT2D eigenvalue weighted by Gasteiger charge is -2.27. The van der Waals surface area contributed by atoms with Crippen LogP contribution in [0.5, 0.6) is 0 Å². The molecule has 0 amide bonds. The number of rotatable bonds is 6. The van der Waals surface area contributed by atoms with Gasteiger partial charge in [-0.25, -0.2) is 0 Å². The molecule has 1 aliphatic carbocycles. The van der Waals surface area contributed by atoms with Crippen molar-refractivity contribution in [2.24, 2.45) is 10.9 Å². The van der Waals surface area contributed by atoms with E-state index in [2.05, 4.69) is 97.4 Å². The Morgan fingerprint density at radius 3 is 2.55 bits per heavy atom. The molecule has 4 aromatic rings. The van der Waals surface area contributed by atoms with Crippen molar-refractivity contribution in [3.8, 4) is 23.0 Å². The molecule has 38 heavy (non-hydrogen) atoms. The second-order valence-electron chi connectivity index (χ2n) is 10.6. The quantitative estimate of drug-likeness (QED) is 0.142. The van der Waals surface area contributed by atoms with Gasteiger partial charge >= 0.3 is 0 Å². The van der Waals surface area contributed by atoms with E-state index in [0.29, 0.717) is 0 Å². The third-order valence-electron chi connectivity index (χ3n) is 8.04. The van der Waals surface area contributed by atoms with E-state index in [9.17, 15) is 0 Å². The second kappa shape index (κ2) is 11.9. The summed E-state index contributed by atoms with van der Waals surface area (Å²) < 4.78 is 0. The Morgan fingerprint density at radius 1 is 0.921 bits per heavy atom. The smallest absolute Gasteiger partial charge is 0.0745 e. The van der Waals surface area contributed by atoms with Gasteiger partial charge < -0.3 is 0 Å². The number of hydrogen-bond acceptors (Lipinski definition) is 2. The molecule has 2 heteroatoms. The fraction of sp³-hybridized carbons (Fsp3) is 0.306. The van der Waals surface area contributed by atoms with Crippen LogP contribution in [0.2, 0.25) is 0 Å². The molecular weight excluding hydrogens is 478 g/mol. The van der Waals surface area contributed by atoms with Crippen molar-refractivity contribution in [3.63, 3.8) is 0 Å². The monoisotopic (exact) mass is 513 g/mol. The van der Waals surface area contributed by atoms with Crippen LogP contribution < -0.4 is 0 Å². The Morgan fingerprint density at radius 2 is 1.76 bits per heavy atom. The molecule has 0 fully saturated rings. The van der Waals surface area contributed by atoms with E-state index >= 15 is 0 Å². The molecular formula is C36H35NS. The van der Waals surface area contributed by atoms with Gasteiger partial charge in [0.05, 0.1) is 10.8 Å². The number of thiocarbonyl (C=S) groups is 1. The molecule has 0 saturated heterocycles. The lowest BCUT2D eigenvalue weighted by molar-refractivity contribution is 0.412. The largest absolute Gasteiger partial charge is 0.195 e. The minimum absolute atomic E-state index is 0.834. The maximum atomic E-state index is 4.74. The van der Waals surface area contributed by atoms with Gasteiger partial charge in [0.1, 0.15) is 0 Å². The standard InChI is InChI=1S/C36H35NS/c1-4-6-7-26-10-19-36-31(21-26)14-12-28(34(36)5-2)11-8-27-9-18-35(25(3)20-27)32-15-13-30-23-33(37-24-38)17-16-29(30)22-32/h9,12-18,20,22-23,26H,4-7,10,19,21H2,1-3H3. The van der Waals surface area contributed by atoms with Gasteiger partial charge in [-0.2, -0.15) is 4.99 Å². The topological polar surface area (TPSA) is 12.4 Å². The first kappa shape index (κ1) is 26.1. The number of nitrogens with zero attached hydrogens (tertiary/aromatic N) is 1. The molecule has 0 heterocycles. The highest BCUT2D eigenvalue weighted by atomic mass is 32.1. The molecule has 0 bridgehead atoms. The first-order chi connectivity index (χ1) is 18.6. The number of aryl methyl sites for hydroxylation is 1. The molecule has 1 aliphatic rings. The van der Waals surface area contributed by atoms with Gasteiger partial charge in [-0.05, 0) is 131 Å². The van der Waals surface area contributed by atoms with Crippen LogP contribution in [0.25, 0.3) is 21.9 Å². The number of aliphatic imine (C=N–C) groups is 1. The van der Waals surface area contributed by atoms with Crippen LogP contribution >= 0.6 is 12.2 Å².